The largest absolute Gasteiger partial charge is 0.497 e. The molecular weight excluding hydrogens is 426 g/mol. The Morgan fingerprint density at radius 2 is 1.94 bits per heavy atom. The highest BCUT2D eigenvalue weighted by Crippen LogP contribution is 2.33. The fourth-order valence-electron chi connectivity index (χ4n) is 3.57. The Morgan fingerprint density at radius 1 is 1.19 bits per heavy atom. The number of nitrogens with zero attached hydrogens (tertiary/aromatic N) is 2. The minimum Gasteiger partial charge on any atom is -0.497 e. The molecule has 2 heterocycles. The highest BCUT2D eigenvalue weighted by atomic mass is 32.2. The van der Waals surface area contributed by atoms with Gasteiger partial charge in [-0.15, -0.1) is 0 Å². The van der Waals surface area contributed by atoms with Crippen molar-refractivity contribution in [3.8, 4) is 5.75 Å². The summed E-state index contributed by atoms with van der Waals surface area (Å²) in [5.41, 5.74) is 3.42. The number of aromatic nitrogens is 1. The Hall–Kier alpha value is -3.52. The third-order valence-electron chi connectivity index (χ3n) is 5.10. The summed E-state index contributed by atoms with van der Waals surface area (Å²) >= 11 is 1.29. The summed E-state index contributed by atoms with van der Waals surface area (Å²) in [5, 5.41) is 4.30. The third-order valence-corrected chi connectivity index (χ3v) is 6.01. The number of para-hydroxylation sites is 1. The van der Waals surface area contributed by atoms with Crippen molar-refractivity contribution in [1.82, 2.24) is 9.88 Å². The maximum atomic E-state index is 12.6. The molecule has 0 spiro atoms. The minimum atomic E-state index is -0.294. The first-order valence-corrected chi connectivity index (χ1v) is 11.0. The number of amides is 1. The smallest absolute Gasteiger partial charge is 0.325 e. The molecule has 0 radical (unpaired) electrons. The van der Waals surface area contributed by atoms with Gasteiger partial charge in [-0.3, -0.25) is 9.59 Å². The van der Waals surface area contributed by atoms with Crippen LogP contribution in [0.2, 0.25) is 0 Å². The standard InChI is InChI=1S/C24H23N3O4S/c1-4-31-22(28)14-27-15(2)19(18-7-5-6-8-20(18)27)13-21-23(29)26-24(32-21)25-16-9-11-17(30-3)12-10-16/h5-13H,4,14H2,1-3H3,(H,25,26,29)/b21-13-. The van der Waals surface area contributed by atoms with Gasteiger partial charge in [0.05, 0.1) is 24.3 Å². The van der Waals surface area contributed by atoms with Crippen LogP contribution in [0.5, 0.6) is 5.75 Å². The fraction of sp³-hybridized carbons (Fsp3) is 0.208. The first-order chi connectivity index (χ1) is 15.5. The van der Waals surface area contributed by atoms with Crippen molar-refractivity contribution < 1.29 is 19.1 Å². The number of benzene rings is 2. The number of hydrogen-bond acceptors (Lipinski definition) is 6. The second-order valence-electron chi connectivity index (χ2n) is 7.09. The number of amidine groups is 1. The monoisotopic (exact) mass is 449 g/mol. The van der Waals surface area contributed by atoms with E-state index in [1.54, 1.807) is 14.0 Å². The predicted octanol–water partition coefficient (Wildman–Crippen LogP) is 4.41. The first-order valence-electron chi connectivity index (χ1n) is 10.2. The van der Waals surface area contributed by atoms with Gasteiger partial charge in [-0.05, 0) is 62.0 Å². The van der Waals surface area contributed by atoms with Crippen LogP contribution in [-0.2, 0) is 20.9 Å². The lowest BCUT2D eigenvalue weighted by Gasteiger charge is -2.07. The summed E-state index contributed by atoms with van der Waals surface area (Å²) in [4.78, 5) is 29.8. The molecule has 1 N–H and O–H groups in total. The van der Waals surface area contributed by atoms with Gasteiger partial charge in [-0.1, -0.05) is 18.2 Å². The molecule has 32 heavy (non-hydrogen) atoms. The highest BCUT2D eigenvalue weighted by molar-refractivity contribution is 8.18. The summed E-state index contributed by atoms with van der Waals surface area (Å²) in [6.07, 6.45) is 1.86. The summed E-state index contributed by atoms with van der Waals surface area (Å²) in [7, 11) is 1.61. The summed E-state index contributed by atoms with van der Waals surface area (Å²) in [5.74, 6) is 0.244. The van der Waals surface area contributed by atoms with E-state index in [4.69, 9.17) is 9.47 Å². The van der Waals surface area contributed by atoms with Crippen LogP contribution in [0.15, 0.2) is 58.4 Å². The summed E-state index contributed by atoms with van der Waals surface area (Å²) < 4.78 is 12.2. The number of aliphatic imine (C=N–C) groups is 1. The number of ether oxygens (including phenoxy) is 2. The van der Waals surface area contributed by atoms with E-state index in [2.05, 4.69) is 10.3 Å². The van der Waals surface area contributed by atoms with E-state index in [1.807, 2.05) is 66.1 Å². The maximum Gasteiger partial charge on any atom is 0.325 e. The van der Waals surface area contributed by atoms with Crippen LogP contribution in [0.4, 0.5) is 5.69 Å². The quantitative estimate of drug-likeness (QED) is 0.445. The molecule has 1 saturated heterocycles. The zero-order chi connectivity index (χ0) is 22.7. The Labute approximate surface area is 190 Å². The van der Waals surface area contributed by atoms with Crippen LogP contribution >= 0.6 is 11.8 Å². The third kappa shape index (κ3) is 4.40. The molecule has 7 nitrogen and oxygen atoms in total. The van der Waals surface area contributed by atoms with Crippen molar-refractivity contribution in [3.05, 3.63) is 64.7 Å². The predicted molar refractivity (Wildman–Crippen MR) is 127 cm³/mol. The van der Waals surface area contributed by atoms with E-state index < -0.39 is 0 Å². The molecule has 3 aromatic rings. The number of fused-ring (bicyclic) bond motifs is 1. The van der Waals surface area contributed by atoms with E-state index in [0.29, 0.717) is 16.7 Å². The van der Waals surface area contributed by atoms with E-state index in [0.717, 1.165) is 33.6 Å². The normalized spacial score (nSPS) is 16.0. The van der Waals surface area contributed by atoms with Crippen LogP contribution in [0.1, 0.15) is 18.2 Å². The summed E-state index contributed by atoms with van der Waals surface area (Å²) in [6, 6.07) is 15.1. The minimum absolute atomic E-state index is 0.118. The average molecular weight is 450 g/mol. The molecule has 0 atom stereocenters. The molecule has 0 unspecified atom stereocenters. The number of nitrogens with one attached hydrogen (secondary N) is 1. The average Bonchev–Trinajstić information content (AvgIpc) is 3.26. The Bertz CT molecular complexity index is 1240. The molecular formula is C24H23N3O4S. The first kappa shape index (κ1) is 21.7. The molecule has 0 saturated carbocycles. The number of hydrogen-bond donors (Lipinski definition) is 1. The molecule has 1 fully saturated rings. The van der Waals surface area contributed by atoms with Gasteiger partial charge in [0.15, 0.2) is 5.17 Å². The highest BCUT2D eigenvalue weighted by Gasteiger charge is 2.25. The van der Waals surface area contributed by atoms with Crippen molar-refractivity contribution in [1.29, 1.82) is 0 Å². The van der Waals surface area contributed by atoms with Gasteiger partial charge >= 0.3 is 5.97 Å². The second-order valence-corrected chi connectivity index (χ2v) is 8.12. The number of carbonyl (C=O) groups excluding carboxylic acids is 2. The van der Waals surface area contributed by atoms with E-state index in [9.17, 15) is 9.59 Å². The maximum absolute atomic E-state index is 12.6. The zero-order valence-corrected chi connectivity index (χ0v) is 18.9. The Morgan fingerprint density at radius 3 is 2.66 bits per heavy atom. The molecule has 2 aromatic carbocycles. The summed E-state index contributed by atoms with van der Waals surface area (Å²) in [6.45, 7) is 4.18. The van der Waals surface area contributed by atoms with Gasteiger partial charge in [-0.25, -0.2) is 4.99 Å². The van der Waals surface area contributed by atoms with E-state index >= 15 is 0 Å². The van der Waals surface area contributed by atoms with Crippen LogP contribution in [0.25, 0.3) is 17.0 Å². The van der Waals surface area contributed by atoms with Gasteiger partial charge in [-0.2, -0.15) is 0 Å². The van der Waals surface area contributed by atoms with Crippen LogP contribution in [-0.4, -0.2) is 35.3 Å². The molecule has 0 aliphatic carbocycles. The zero-order valence-electron chi connectivity index (χ0n) is 18.0. The molecule has 1 amide bonds. The van der Waals surface area contributed by atoms with Crippen LogP contribution in [0.3, 0.4) is 0 Å². The SMILES string of the molecule is CCOC(=O)Cn1c(C)c(/C=C2\SC(=Nc3ccc(OC)cc3)NC2=O)c2ccccc21. The number of carbonyl (C=O) groups is 2. The van der Waals surface area contributed by atoms with Gasteiger partial charge in [0.1, 0.15) is 12.3 Å². The van der Waals surface area contributed by atoms with Gasteiger partial charge in [0.2, 0.25) is 0 Å². The number of thioether (sulfide) groups is 1. The molecule has 4 rings (SSSR count). The van der Waals surface area contributed by atoms with Gasteiger partial charge in [0, 0.05) is 22.2 Å². The lowest BCUT2D eigenvalue weighted by atomic mass is 10.1. The number of methoxy groups -OCH3 is 1. The van der Waals surface area contributed by atoms with Crippen molar-refractivity contribution in [2.45, 2.75) is 20.4 Å². The van der Waals surface area contributed by atoms with E-state index in [-0.39, 0.29) is 18.4 Å². The van der Waals surface area contributed by atoms with Crippen molar-refractivity contribution in [2.24, 2.45) is 4.99 Å². The lowest BCUT2D eigenvalue weighted by molar-refractivity contribution is -0.143. The fourth-order valence-corrected chi connectivity index (χ4v) is 4.39. The topological polar surface area (TPSA) is 81.9 Å². The van der Waals surface area contributed by atoms with Crippen LogP contribution in [0, 0.1) is 6.92 Å². The van der Waals surface area contributed by atoms with Gasteiger partial charge < -0.3 is 19.4 Å². The lowest BCUT2D eigenvalue weighted by Crippen LogP contribution is -2.19. The van der Waals surface area contributed by atoms with Gasteiger partial charge in [0.25, 0.3) is 5.91 Å². The Kier molecular flexibility index (Phi) is 6.32. The van der Waals surface area contributed by atoms with E-state index in [1.165, 1.54) is 11.8 Å². The number of esters is 1. The molecule has 164 valence electrons. The van der Waals surface area contributed by atoms with Crippen molar-refractivity contribution in [2.75, 3.05) is 13.7 Å². The number of rotatable bonds is 6. The molecule has 1 aromatic heterocycles. The van der Waals surface area contributed by atoms with Crippen molar-refractivity contribution >= 4 is 51.5 Å². The molecule has 1 aliphatic rings. The molecule has 8 heteroatoms. The van der Waals surface area contributed by atoms with Crippen LogP contribution < -0.4 is 10.1 Å². The molecule has 0 bridgehead atoms. The second kappa shape index (κ2) is 9.32. The molecule has 1 aliphatic heterocycles. The Balaban J connectivity index is 1.66. The van der Waals surface area contributed by atoms with Crippen molar-refractivity contribution in [3.63, 3.8) is 0 Å².